The highest BCUT2D eigenvalue weighted by Gasteiger charge is 2.29. The third-order valence-corrected chi connectivity index (χ3v) is 6.61. The number of hydrogen-bond acceptors (Lipinski definition) is 3. The molecular formula is C22H21N3O3S. The van der Waals surface area contributed by atoms with Gasteiger partial charge >= 0.3 is 6.03 Å². The summed E-state index contributed by atoms with van der Waals surface area (Å²) in [5, 5.41) is 5.54. The maximum absolute atomic E-state index is 13.2. The van der Waals surface area contributed by atoms with Gasteiger partial charge in [-0.15, -0.1) is 0 Å². The number of amides is 2. The second-order valence-electron chi connectivity index (χ2n) is 6.78. The lowest BCUT2D eigenvalue weighted by molar-refractivity contribution is 0.262. The molecule has 29 heavy (non-hydrogen) atoms. The van der Waals surface area contributed by atoms with Crippen LogP contribution < -0.4 is 14.9 Å². The Balaban J connectivity index is 1.60. The normalized spacial score (nSPS) is 13.4. The van der Waals surface area contributed by atoms with Crippen LogP contribution >= 0.6 is 0 Å². The molecule has 0 spiro atoms. The average molecular weight is 407 g/mol. The number of benzene rings is 3. The van der Waals surface area contributed by atoms with Crippen LogP contribution in [0.5, 0.6) is 0 Å². The van der Waals surface area contributed by atoms with E-state index in [0.717, 1.165) is 18.4 Å². The lowest BCUT2D eigenvalue weighted by Crippen LogP contribution is -2.35. The fourth-order valence-electron chi connectivity index (χ4n) is 3.40. The first kappa shape index (κ1) is 19.0. The van der Waals surface area contributed by atoms with Gasteiger partial charge in [-0.3, -0.25) is 4.31 Å². The van der Waals surface area contributed by atoms with Gasteiger partial charge in [-0.1, -0.05) is 42.5 Å². The Morgan fingerprint density at radius 2 is 1.48 bits per heavy atom. The molecule has 0 saturated carbocycles. The first-order valence-corrected chi connectivity index (χ1v) is 10.8. The van der Waals surface area contributed by atoms with Gasteiger partial charge < -0.3 is 10.6 Å². The van der Waals surface area contributed by atoms with Crippen molar-refractivity contribution in [1.29, 1.82) is 0 Å². The first-order valence-electron chi connectivity index (χ1n) is 9.38. The largest absolute Gasteiger partial charge is 0.323 e. The van der Waals surface area contributed by atoms with Gasteiger partial charge in [0.15, 0.2) is 0 Å². The van der Waals surface area contributed by atoms with Crippen LogP contribution in [0.4, 0.5) is 21.9 Å². The quantitative estimate of drug-likeness (QED) is 0.670. The maximum Gasteiger partial charge on any atom is 0.323 e. The van der Waals surface area contributed by atoms with Crippen molar-refractivity contribution in [3.8, 4) is 0 Å². The smallest absolute Gasteiger partial charge is 0.308 e. The molecule has 148 valence electrons. The molecule has 0 aliphatic carbocycles. The number of fused-ring (bicyclic) bond motifs is 1. The Morgan fingerprint density at radius 3 is 2.21 bits per heavy atom. The Morgan fingerprint density at radius 1 is 0.828 bits per heavy atom. The van der Waals surface area contributed by atoms with E-state index in [1.807, 2.05) is 24.3 Å². The molecule has 1 aliphatic rings. The van der Waals surface area contributed by atoms with E-state index in [4.69, 9.17) is 0 Å². The van der Waals surface area contributed by atoms with E-state index >= 15 is 0 Å². The molecule has 0 bridgehead atoms. The van der Waals surface area contributed by atoms with Gasteiger partial charge in [-0.2, -0.15) is 0 Å². The molecule has 0 radical (unpaired) electrons. The number of sulfonamides is 1. The lowest BCUT2D eigenvalue weighted by atomic mass is 10.0. The zero-order valence-corrected chi connectivity index (χ0v) is 16.5. The molecule has 0 aromatic heterocycles. The SMILES string of the molecule is O=C(Nc1ccccc1)Nc1ccc2c(c1)N(S(=O)(=O)c1ccccc1)CCC2. The summed E-state index contributed by atoms with van der Waals surface area (Å²) < 4.78 is 27.7. The molecule has 0 unspecified atom stereocenters. The van der Waals surface area contributed by atoms with Crippen LogP contribution in [0.15, 0.2) is 83.8 Å². The van der Waals surface area contributed by atoms with Gasteiger partial charge in [0.2, 0.25) is 0 Å². The zero-order valence-electron chi connectivity index (χ0n) is 15.7. The highest BCUT2D eigenvalue weighted by atomic mass is 32.2. The van der Waals surface area contributed by atoms with Crippen molar-refractivity contribution in [2.24, 2.45) is 0 Å². The van der Waals surface area contributed by atoms with Gasteiger partial charge in [0.25, 0.3) is 10.0 Å². The number of rotatable bonds is 4. The minimum Gasteiger partial charge on any atom is -0.308 e. The minimum absolute atomic E-state index is 0.257. The summed E-state index contributed by atoms with van der Waals surface area (Å²) in [4.78, 5) is 12.6. The van der Waals surface area contributed by atoms with Crippen molar-refractivity contribution < 1.29 is 13.2 Å². The van der Waals surface area contributed by atoms with Crippen LogP contribution in [0.25, 0.3) is 0 Å². The molecule has 7 heteroatoms. The summed E-state index contributed by atoms with van der Waals surface area (Å²) in [6, 6.07) is 22.5. The summed E-state index contributed by atoms with van der Waals surface area (Å²) >= 11 is 0. The van der Waals surface area contributed by atoms with Crippen molar-refractivity contribution in [3.63, 3.8) is 0 Å². The lowest BCUT2D eigenvalue weighted by Gasteiger charge is -2.31. The van der Waals surface area contributed by atoms with Gasteiger partial charge in [-0.05, 0) is 54.8 Å². The van der Waals surface area contributed by atoms with Crippen molar-refractivity contribution in [2.45, 2.75) is 17.7 Å². The number of nitrogens with one attached hydrogen (secondary N) is 2. The monoisotopic (exact) mass is 407 g/mol. The molecule has 6 nitrogen and oxygen atoms in total. The molecular weight excluding hydrogens is 386 g/mol. The molecule has 0 saturated heterocycles. The van der Waals surface area contributed by atoms with Crippen LogP contribution in [0, 0.1) is 0 Å². The van der Waals surface area contributed by atoms with Gasteiger partial charge in [-0.25, -0.2) is 13.2 Å². The average Bonchev–Trinajstić information content (AvgIpc) is 2.74. The predicted molar refractivity (Wildman–Crippen MR) is 115 cm³/mol. The number of carbonyl (C=O) groups excluding carboxylic acids is 1. The van der Waals surface area contributed by atoms with E-state index in [9.17, 15) is 13.2 Å². The van der Waals surface area contributed by atoms with E-state index in [0.29, 0.717) is 23.6 Å². The Hall–Kier alpha value is -3.32. The Bertz CT molecular complexity index is 1120. The molecule has 3 aromatic carbocycles. The van der Waals surface area contributed by atoms with Gasteiger partial charge in [0.1, 0.15) is 0 Å². The van der Waals surface area contributed by atoms with E-state index in [1.165, 1.54) is 4.31 Å². The van der Waals surface area contributed by atoms with Crippen molar-refractivity contribution in [1.82, 2.24) is 0 Å². The van der Waals surface area contributed by atoms with E-state index in [-0.39, 0.29) is 10.9 Å². The van der Waals surface area contributed by atoms with Crippen LogP contribution in [0.3, 0.4) is 0 Å². The molecule has 0 fully saturated rings. The minimum atomic E-state index is -3.66. The van der Waals surface area contributed by atoms with Crippen LogP contribution in [0.1, 0.15) is 12.0 Å². The fraction of sp³-hybridized carbons (Fsp3) is 0.136. The number of aryl methyl sites for hydroxylation is 1. The molecule has 2 N–H and O–H groups in total. The van der Waals surface area contributed by atoms with Gasteiger partial charge in [0.05, 0.1) is 10.6 Å². The number of urea groups is 1. The van der Waals surface area contributed by atoms with Crippen LogP contribution in [0.2, 0.25) is 0 Å². The maximum atomic E-state index is 13.2. The zero-order chi connectivity index (χ0) is 20.3. The van der Waals surface area contributed by atoms with E-state index in [2.05, 4.69) is 10.6 Å². The molecule has 2 amide bonds. The molecule has 3 aromatic rings. The standard InChI is InChI=1S/C22H21N3O3S/c26-22(23-18-9-3-1-4-10-18)24-19-14-13-17-8-7-15-25(21(17)16-19)29(27,28)20-11-5-2-6-12-20/h1-6,9-14,16H,7-8,15H2,(H2,23,24,26). The third kappa shape index (κ3) is 4.09. The van der Waals surface area contributed by atoms with E-state index in [1.54, 1.807) is 54.6 Å². The molecule has 1 aliphatic heterocycles. The fourth-order valence-corrected chi connectivity index (χ4v) is 4.96. The number of nitrogens with zero attached hydrogens (tertiary/aromatic N) is 1. The van der Waals surface area contributed by atoms with Crippen molar-refractivity contribution in [3.05, 3.63) is 84.4 Å². The summed E-state index contributed by atoms with van der Waals surface area (Å²) in [6.45, 7) is 0.407. The second kappa shape index (κ2) is 7.97. The predicted octanol–water partition coefficient (Wildman–Crippen LogP) is 4.47. The number of anilines is 3. The van der Waals surface area contributed by atoms with Crippen LogP contribution in [-0.2, 0) is 16.4 Å². The Labute approximate surface area is 170 Å². The molecule has 4 rings (SSSR count). The summed E-state index contributed by atoms with van der Waals surface area (Å²) in [5.74, 6) is 0. The third-order valence-electron chi connectivity index (χ3n) is 4.78. The molecule has 1 heterocycles. The summed E-state index contributed by atoms with van der Waals surface area (Å²) in [7, 11) is -3.66. The highest BCUT2D eigenvalue weighted by Crippen LogP contribution is 2.34. The van der Waals surface area contributed by atoms with Crippen molar-refractivity contribution >= 4 is 33.1 Å². The van der Waals surface area contributed by atoms with Crippen molar-refractivity contribution in [2.75, 3.05) is 21.5 Å². The van der Waals surface area contributed by atoms with E-state index < -0.39 is 10.0 Å². The molecule has 0 atom stereocenters. The summed E-state index contributed by atoms with van der Waals surface area (Å²) in [5.41, 5.74) is 2.77. The Kier molecular flexibility index (Phi) is 5.22. The second-order valence-corrected chi connectivity index (χ2v) is 8.64. The number of hydrogen-bond donors (Lipinski definition) is 2. The first-order chi connectivity index (χ1) is 14.0. The number of carbonyl (C=O) groups is 1. The summed E-state index contributed by atoms with van der Waals surface area (Å²) in [6.07, 6.45) is 1.55. The van der Waals surface area contributed by atoms with Crippen LogP contribution in [-0.4, -0.2) is 21.0 Å². The topological polar surface area (TPSA) is 78.5 Å². The number of para-hydroxylation sites is 1. The highest BCUT2D eigenvalue weighted by molar-refractivity contribution is 7.92. The van der Waals surface area contributed by atoms with Gasteiger partial charge in [0, 0.05) is 17.9 Å².